The zero-order chi connectivity index (χ0) is 12.0. The Bertz CT molecular complexity index is 328. The summed E-state index contributed by atoms with van der Waals surface area (Å²) in [5, 5.41) is 0. The van der Waals surface area contributed by atoms with E-state index in [2.05, 4.69) is 51.6 Å². The first-order valence-electron chi connectivity index (χ1n) is 5.99. The van der Waals surface area contributed by atoms with Gasteiger partial charge in [0.2, 0.25) is 0 Å². The quantitative estimate of drug-likeness (QED) is 0.750. The minimum atomic E-state index is 0.885. The summed E-state index contributed by atoms with van der Waals surface area (Å²) in [4.78, 5) is 11.3. The van der Waals surface area contributed by atoms with Gasteiger partial charge in [-0.1, -0.05) is 13.8 Å². The molecule has 0 radical (unpaired) electrons. The lowest BCUT2D eigenvalue weighted by molar-refractivity contribution is 0.757. The highest BCUT2D eigenvalue weighted by atomic mass is 79.9. The van der Waals surface area contributed by atoms with Crippen LogP contribution in [0.15, 0.2) is 10.7 Å². The lowest BCUT2D eigenvalue weighted by atomic mass is 10.3. The number of anilines is 1. The number of hydrogen-bond donors (Lipinski definition) is 0. The minimum Gasteiger partial charge on any atom is -0.357 e. The lowest BCUT2D eigenvalue weighted by Gasteiger charge is -2.21. The van der Waals surface area contributed by atoms with Crippen LogP contribution in [0.3, 0.4) is 0 Å². The molecule has 0 saturated heterocycles. The second-order valence-corrected chi connectivity index (χ2v) is 4.61. The van der Waals surface area contributed by atoms with E-state index in [9.17, 15) is 0 Å². The first-order chi connectivity index (χ1) is 7.71. The fraction of sp³-hybridized carbons (Fsp3) is 0.667. The topological polar surface area (TPSA) is 29.0 Å². The van der Waals surface area contributed by atoms with Gasteiger partial charge in [0, 0.05) is 25.6 Å². The second kappa shape index (κ2) is 6.84. The molecule has 0 aliphatic carbocycles. The number of halogens is 1. The van der Waals surface area contributed by atoms with Crippen LogP contribution in [-0.2, 0) is 6.42 Å². The van der Waals surface area contributed by atoms with Crippen LogP contribution in [-0.4, -0.2) is 23.1 Å². The van der Waals surface area contributed by atoms with Gasteiger partial charge in [0.25, 0.3) is 0 Å². The van der Waals surface area contributed by atoms with Crippen molar-refractivity contribution in [3.8, 4) is 0 Å². The predicted octanol–water partition coefficient (Wildman–Crippen LogP) is 3.43. The van der Waals surface area contributed by atoms with E-state index in [0.29, 0.717) is 0 Å². The van der Waals surface area contributed by atoms with E-state index >= 15 is 0 Å². The largest absolute Gasteiger partial charge is 0.357 e. The molecule has 3 nitrogen and oxygen atoms in total. The highest BCUT2D eigenvalue weighted by Crippen LogP contribution is 2.17. The SMILES string of the molecule is CCCc1nc(Br)cc(N(CC)CCC)n1. The average molecular weight is 286 g/mol. The number of aryl methyl sites for hydroxylation is 1. The molecule has 90 valence electrons. The third-order valence-corrected chi connectivity index (χ3v) is 2.81. The molecule has 0 aliphatic heterocycles. The Balaban J connectivity index is 2.92. The molecule has 0 fully saturated rings. The molecular weight excluding hydrogens is 266 g/mol. The van der Waals surface area contributed by atoms with Crippen LogP contribution in [0.2, 0.25) is 0 Å². The maximum Gasteiger partial charge on any atom is 0.133 e. The van der Waals surface area contributed by atoms with Crippen molar-refractivity contribution in [2.24, 2.45) is 0 Å². The molecule has 1 aromatic heterocycles. The van der Waals surface area contributed by atoms with Gasteiger partial charge in [-0.2, -0.15) is 0 Å². The van der Waals surface area contributed by atoms with E-state index in [1.54, 1.807) is 0 Å². The summed E-state index contributed by atoms with van der Waals surface area (Å²) in [7, 11) is 0. The molecule has 0 N–H and O–H groups in total. The normalized spacial score (nSPS) is 10.5. The Morgan fingerprint density at radius 1 is 1.19 bits per heavy atom. The molecule has 1 heterocycles. The molecule has 0 spiro atoms. The number of aromatic nitrogens is 2. The van der Waals surface area contributed by atoms with Crippen LogP contribution >= 0.6 is 15.9 Å². The van der Waals surface area contributed by atoms with Crippen molar-refractivity contribution in [2.75, 3.05) is 18.0 Å². The van der Waals surface area contributed by atoms with Gasteiger partial charge in [-0.15, -0.1) is 0 Å². The van der Waals surface area contributed by atoms with Gasteiger partial charge in [-0.3, -0.25) is 0 Å². The molecule has 0 unspecified atom stereocenters. The number of rotatable bonds is 6. The second-order valence-electron chi connectivity index (χ2n) is 3.79. The Labute approximate surface area is 106 Å². The van der Waals surface area contributed by atoms with Crippen LogP contribution in [0.4, 0.5) is 5.82 Å². The standard InChI is InChI=1S/C12H20BrN3/c1-4-7-11-14-10(13)9-12(15-11)16(6-3)8-5-2/h9H,4-8H2,1-3H3. The van der Waals surface area contributed by atoms with Gasteiger partial charge < -0.3 is 4.90 Å². The van der Waals surface area contributed by atoms with Crippen LogP contribution in [0.5, 0.6) is 0 Å². The van der Waals surface area contributed by atoms with Gasteiger partial charge in [-0.05, 0) is 35.7 Å². The molecule has 1 rings (SSSR count). The van der Waals surface area contributed by atoms with Crippen molar-refractivity contribution in [3.63, 3.8) is 0 Å². The average Bonchev–Trinajstić information content (AvgIpc) is 2.25. The van der Waals surface area contributed by atoms with E-state index in [1.165, 1.54) is 0 Å². The molecule has 0 amide bonds. The lowest BCUT2D eigenvalue weighted by Crippen LogP contribution is -2.25. The monoisotopic (exact) mass is 285 g/mol. The first-order valence-corrected chi connectivity index (χ1v) is 6.78. The Morgan fingerprint density at radius 3 is 2.50 bits per heavy atom. The predicted molar refractivity (Wildman–Crippen MR) is 71.9 cm³/mol. The summed E-state index contributed by atoms with van der Waals surface area (Å²) in [5.74, 6) is 1.97. The van der Waals surface area contributed by atoms with E-state index in [4.69, 9.17) is 0 Å². The van der Waals surface area contributed by atoms with Crippen molar-refractivity contribution in [2.45, 2.75) is 40.0 Å². The van der Waals surface area contributed by atoms with Crippen molar-refractivity contribution in [1.82, 2.24) is 9.97 Å². The van der Waals surface area contributed by atoms with Crippen molar-refractivity contribution in [3.05, 3.63) is 16.5 Å². The Hall–Kier alpha value is -0.640. The zero-order valence-corrected chi connectivity index (χ0v) is 11.9. The Kier molecular flexibility index (Phi) is 5.74. The number of nitrogens with zero attached hydrogens (tertiary/aromatic N) is 3. The van der Waals surface area contributed by atoms with E-state index < -0.39 is 0 Å². The summed E-state index contributed by atoms with van der Waals surface area (Å²) in [6.45, 7) is 8.53. The Morgan fingerprint density at radius 2 is 1.94 bits per heavy atom. The minimum absolute atomic E-state index is 0.885. The molecule has 4 heteroatoms. The highest BCUT2D eigenvalue weighted by Gasteiger charge is 2.08. The van der Waals surface area contributed by atoms with Gasteiger partial charge in [-0.25, -0.2) is 9.97 Å². The maximum absolute atomic E-state index is 4.60. The van der Waals surface area contributed by atoms with Crippen LogP contribution in [0, 0.1) is 0 Å². The first kappa shape index (κ1) is 13.4. The fourth-order valence-corrected chi connectivity index (χ4v) is 2.06. The van der Waals surface area contributed by atoms with Crippen LogP contribution < -0.4 is 4.90 Å². The van der Waals surface area contributed by atoms with Crippen LogP contribution in [0.1, 0.15) is 39.4 Å². The van der Waals surface area contributed by atoms with Crippen molar-refractivity contribution >= 4 is 21.7 Å². The van der Waals surface area contributed by atoms with Gasteiger partial charge >= 0.3 is 0 Å². The van der Waals surface area contributed by atoms with Gasteiger partial charge in [0.1, 0.15) is 16.2 Å². The molecule has 16 heavy (non-hydrogen) atoms. The third-order valence-electron chi connectivity index (χ3n) is 2.40. The highest BCUT2D eigenvalue weighted by molar-refractivity contribution is 9.10. The number of hydrogen-bond acceptors (Lipinski definition) is 3. The van der Waals surface area contributed by atoms with Crippen molar-refractivity contribution in [1.29, 1.82) is 0 Å². The van der Waals surface area contributed by atoms with E-state index in [0.717, 1.165) is 48.6 Å². The summed E-state index contributed by atoms with van der Waals surface area (Å²) < 4.78 is 0.885. The summed E-state index contributed by atoms with van der Waals surface area (Å²) in [6, 6.07) is 2.00. The molecule has 0 atom stereocenters. The smallest absolute Gasteiger partial charge is 0.133 e. The molecule has 0 bridgehead atoms. The fourth-order valence-electron chi connectivity index (χ4n) is 1.65. The molecule has 0 aliphatic rings. The van der Waals surface area contributed by atoms with Gasteiger partial charge in [0.05, 0.1) is 0 Å². The van der Waals surface area contributed by atoms with E-state index in [1.807, 2.05) is 6.07 Å². The summed E-state index contributed by atoms with van der Waals surface area (Å²) in [5.41, 5.74) is 0. The maximum atomic E-state index is 4.60. The molecule has 0 aromatic carbocycles. The van der Waals surface area contributed by atoms with Crippen molar-refractivity contribution < 1.29 is 0 Å². The molecule has 1 aromatic rings. The van der Waals surface area contributed by atoms with Crippen LogP contribution in [0.25, 0.3) is 0 Å². The van der Waals surface area contributed by atoms with E-state index in [-0.39, 0.29) is 0 Å². The van der Waals surface area contributed by atoms with Gasteiger partial charge in [0.15, 0.2) is 0 Å². The summed E-state index contributed by atoms with van der Waals surface area (Å²) in [6.07, 6.45) is 3.16. The zero-order valence-electron chi connectivity index (χ0n) is 10.3. The summed E-state index contributed by atoms with van der Waals surface area (Å²) >= 11 is 3.45. The third kappa shape index (κ3) is 3.74. The molecular formula is C12H20BrN3. The molecule has 0 saturated carbocycles.